The number of amides is 1. The topological polar surface area (TPSA) is 38.3 Å². The summed E-state index contributed by atoms with van der Waals surface area (Å²) in [5, 5.41) is 2.93. The van der Waals surface area contributed by atoms with Gasteiger partial charge in [0, 0.05) is 19.2 Å². The highest BCUT2D eigenvalue weighted by Crippen LogP contribution is 2.15. The van der Waals surface area contributed by atoms with Gasteiger partial charge in [-0.05, 0) is 42.7 Å². The minimum absolute atomic E-state index is 0.0731. The van der Waals surface area contributed by atoms with Crippen LogP contribution in [0.4, 0.5) is 0 Å². The third-order valence-electron chi connectivity index (χ3n) is 3.67. The van der Waals surface area contributed by atoms with Gasteiger partial charge in [0.15, 0.2) is 0 Å². The molecule has 0 radical (unpaired) electrons. The summed E-state index contributed by atoms with van der Waals surface area (Å²) < 4.78 is 5.45. The number of carbonyl (C=O) groups is 1. The van der Waals surface area contributed by atoms with Crippen molar-refractivity contribution in [2.45, 2.75) is 20.0 Å². The quantitative estimate of drug-likeness (QED) is 0.913. The summed E-state index contributed by atoms with van der Waals surface area (Å²) >= 11 is 0. The van der Waals surface area contributed by atoms with E-state index in [2.05, 4.69) is 5.32 Å². The Labute approximate surface area is 126 Å². The van der Waals surface area contributed by atoms with Crippen molar-refractivity contribution in [1.29, 1.82) is 0 Å². The van der Waals surface area contributed by atoms with Crippen molar-refractivity contribution in [2.75, 3.05) is 13.7 Å². The number of benzene rings is 2. The molecule has 3 heteroatoms. The highest BCUT2D eigenvalue weighted by Gasteiger charge is 2.13. The second-order valence-electron chi connectivity index (χ2n) is 5.14. The molecule has 1 atom stereocenters. The Morgan fingerprint density at radius 2 is 1.81 bits per heavy atom. The highest BCUT2D eigenvalue weighted by molar-refractivity contribution is 5.94. The van der Waals surface area contributed by atoms with Crippen molar-refractivity contribution in [1.82, 2.24) is 5.32 Å². The van der Waals surface area contributed by atoms with Gasteiger partial charge >= 0.3 is 0 Å². The van der Waals surface area contributed by atoms with Gasteiger partial charge in [-0.15, -0.1) is 0 Å². The van der Waals surface area contributed by atoms with Crippen molar-refractivity contribution in [2.24, 2.45) is 0 Å². The standard InChI is InChI=1S/C18H21NO2/c1-13-9-10-16(11-14(13)2)18(20)19-12-17(21-3)15-7-5-4-6-8-15/h4-11,17H,12H2,1-3H3,(H,19,20). The van der Waals surface area contributed by atoms with Crippen LogP contribution in [0, 0.1) is 13.8 Å². The van der Waals surface area contributed by atoms with Crippen LogP contribution >= 0.6 is 0 Å². The Hall–Kier alpha value is -2.13. The molecule has 21 heavy (non-hydrogen) atoms. The van der Waals surface area contributed by atoms with E-state index >= 15 is 0 Å². The molecule has 2 rings (SSSR count). The maximum atomic E-state index is 12.2. The lowest BCUT2D eigenvalue weighted by atomic mass is 10.1. The zero-order chi connectivity index (χ0) is 15.2. The molecule has 0 aliphatic rings. The Balaban J connectivity index is 2.01. The molecule has 3 nitrogen and oxygen atoms in total. The SMILES string of the molecule is COC(CNC(=O)c1ccc(C)c(C)c1)c1ccccc1. The van der Waals surface area contributed by atoms with Gasteiger partial charge in [-0.1, -0.05) is 36.4 Å². The van der Waals surface area contributed by atoms with Gasteiger partial charge in [0.2, 0.25) is 0 Å². The molecular weight excluding hydrogens is 262 g/mol. The zero-order valence-corrected chi connectivity index (χ0v) is 12.7. The Morgan fingerprint density at radius 1 is 1.10 bits per heavy atom. The van der Waals surface area contributed by atoms with Crippen LogP contribution in [0.3, 0.4) is 0 Å². The first-order valence-corrected chi connectivity index (χ1v) is 7.05. The summed E-state index contributed by atoms with van der Waals surface area (Å²) in [6.45, 7) is 4.49. The van der Waals surface area contributed by atoms with E-state index in [-0.39, 0.29) is 12.0 Å². The minimum Gasteiger partial charge on any atom is -0.375 e. The van der Waals surface area contributed by atoms with E-state index in [0.29, 0.717) is 12.1 Å². The molecule has 1 unspecified atom stereocenters. The second-order valence-corrected chi connectivity index (χ2v) is 5.14. The lowest BCUT2D eigenvalue weighted by molar-refractivity contribution is 0.0828. The number of hydrogen-bond donors (Lipinski definition) is 1. The third kappa shape index (κ3) is 3.92. The Kier molecular flexibility index (Phi) is 5.12. The molecule has 1 N–H and O–H groups in total. The van der Waals surface area contributed by atoms with Crippen LogP contribution in [-0.4, -0.2) is 19.6 Å². The maximum Gasteiger partial charge on any atom is 0.251 e. The largest absolute Gasteiger partial charge is 0.375 e. The molecule has 0 aliphatic heterocycles. The lowest BCUT2D eigenvalue weighted by Gasteiger charge is -2.16. The summed E-state index contributed by atoms with van der Waals surface area (Å²) in [5.74, 6) is -0.0731. The lowest BCUT2D eigenvalue weighted by Crippen LogP contribution is -2.29. The first-order valence-electron chi connectivity index (χ1n) is 7.05. The van der Waals surface area contributed by atoms with Crippen molar-refractivity contribution >= 4 is 5.91 Å². The molecule has 0 saturated heterocycles. The van der Waals surface area contributed by atoms with Gasteiger partial charge in [-0.25, -0.2) is 0 Å². The molecule has 0 heterocycles. The Bertz CT molecular complexity index is 608. The number of methoxy groups -OCH3 is 1. The number of rotatable bonds is 5. The number of carbonyl (C=O) groups excluding carboxylic acids is 1. The van der Waals surface area contributed by atoms with Gasteiger partial charge in [0.05, 0.1) is 6.10 Å². The fourth-order valence-electron chi connectivity index (χ4n) is 2.18. The van der Waals surface area contributed by atoms with E-state index in [1.54, 1.807) is 7.11 Å². The number of ether oxygens (including phenoxy) is 1. The van der Waals surface area contributed by atoms with Crippen LogP contribution < -0.4 is 5.32 Å². The molecule has 0 fully saturated rings. The van der Waals surface area contributed by atoms with Gasteiger partial charge in [0.1, 0.15) is 0 Å². The molecule has 1 amide bonds. The van der Waals surface area contributed by atoms with Crippen molar-refractivity contribution in [3.05, 3.63) is 70.8 Å². The third-order valence-corrected chi connectivity index (χ3v) is 3.67. The second kappa shape index (κ2) is 7.04. The Morgan fingerprint density at radius 3 is 2.43 bits per heavy atom. The molecule has 0 aromatic heterocycles. The van der Waals surface area contributed by atoms with Gasteiger partial charge in [-0.3, -0.25) is 4.79 Å². The molecule has 2 aromatic carbocycles. The van der Waals surface area contributed by atoms with Crippen LogP contribution in [0.2, 0.25) is 0 Å². The smallest absolute Gasteiger partial charge is 0.251 e. The normalized spacial score (nSPS) is 12.0. The maximum absolute atomic E-state index is 12.2. The van der Waals surface area contributed by atoms with Crippen LogP contribution in [0.25, 0.3) is 0 Å². The van der Waals surface area contributed by atoms with Crippen molar-refractivity contribution in [3.63, 3.8) is 0 Å². The molecule has 0 saturated carbocycles. The van der Waals surface area contributed by atoms with Gasteiger partial charge < -0.3 is 10.1 Å². The van der Waals surface area contributed by atoms with E-state index in [4.69, 9.17) is 4.74 Å². The predicted octanol–water partition coefficient (Wildman–Crippen LogP) is 3.42. The molecule has 0 spiro atoms. The van der Waals surface area contributed by atoms with Crippen molar-refractivity contribution in [3.8, 4) is 0 Å². The molecule has 2 aromatic rings. The van der Waals surface area contributed by atoms with Gasteiger partial charge in [0.25, 0.3) is 5.91 Å². The van der Waals surface area contributed by atoms with Crippen LogP contribution in [0.5, 0.6) is 0 Å². The fourth-order valence-corrected chi connectivity index (χ4v) is 2.18. The number of nitrogens with one attached hydrogen (secondary N) is 1. The van der Waals surface area contributed by atoms with E-state index in [1.165, 1.54) is 5.56 Å². The predicted molar refractivity (Wildman–Crippen MR) is 84.4 cm³/mol. The summed E-state index contributed by atoms with van der Waals surface area (Å²) in [6, 6.07) is 15.6. The van der Waals surface area contributed by atoms with E-state index in [9.17, 15) is 4.79 Å². The molecule has 110 valence electrons. The average Bonchev–Trinajstić information content (AvgIpc) is 2.51. The van der Waals surface area contributed by atoms with Crippen LogP contribution in [-0.2, 0) is 4.74 Å². The zero-order valence-electron chi connectivity index (χ0n) is 12.7. The fraction of sp³-hybridized carbons (Fsp3) is 0.278. The van der Waals surface area contributed by atoms with Crippen molar-refractivity contribution < 1.29 is 9.53 Å². The van der Waals surface area contributed by atoms with E-state index in [0.717, 1.165) is 11.1 Å². The minimum atomic E-state index is -0.137. The summed E-state index contributed by atoms with van der Waals surface area (Å²) in [5.41, 5.74) is 4.04. The number of aryl methyl sites for hydroxylation is 2. The van der Waals surface area contributed by atoms with Gasteiger partial charge in [-0.2, -0.15) is 0 Å². The average molecular weight is 283 g/mol. The molecule has 0 aliphatic carbocycles. The van der Waals surface area contributed by atoms with E-state index in [1.807, 2.05) is 62.4 Å². The van der Waals surface area contributed by atoms with E-state index < -0.39 is 0 Å². The molecule has 0 bridgehead atoms. The highest BCUT2D eigenvalue weighted by atomic mass is 16.5. The monoisotopic (exact) mass is 283 g/mol. The molecular formula is C18H21NO2. The summed E-state index contributed by atoms with van der Waals surface area (Å²) in [4.78, 5) is 12.2. The first kappa shape index (κ1) is 15.3. The summed E-state index contributed by atoms with van der Waals surface area (Å²) in [7, 11) is 1.65. The van der Waals surface area contributed by atoms with Crippen LogP contribution in [0.1, 0.15) is 33.2 Å². The first-order chi connectivity index (χ1) is 10.1. The number of hydrogen-bond acceptors (Lipinski definition) is 2. The van der Waals surface area contributed by atoms with Crippen LogP contribution in [0.15, 0.2) is 48.5 Å². The summed E-state index contributed by atoms with van der Waals surface area (Å²) in [6.07, 6.45) is -0.137.